The van der Waals surface area contributed by atoms with Gasteiger partial charge >= 0.3 is 5.97 Å². The largest absolute Gasteiger partial charge is 0.458 e. The molecular weight excluding hydrogens is 244 g/mol. The Balaban J connectivity index is 2.27. The molecule has 4 heteroatoms. The minimum atomic E-state index is -0.722. The zero-order valence-electron chi connectivity index (χ0n) is 11.5. The summed E-state index contributed by atoms with van der Waals surface area (Å²) in [5.41, 5.74) is 1.46. The van der Waals surface area contributed by atoms with Crippen LogP contribution in [0.5, 0.6) is 0 Å². The molecule has 2 aliphatic rings. The van der Waals surface area contributed by atoms with Gasteiger partial charge in [0, 0.05) is 12.3 Å². The Labute approximate surface area is 113 Å². The maximum atomic E-state index is 11.7. The average molecular weight is 266 g/mol. The normalized spacial score (nSPS) is 43.2. The number of ether oxygens (including phenoxy) is 1. The number of esters is 1. The molecule has 1 heterocycles. The van der Waals surface area contributed by atoms with E-state index >= 15 is 0 Å². The summed E-state index contributed by atoms with van der Waals surface area (Å²) in [7, 11) is 0. The zero-order valence-corrected chi connectivity index (χ0v) is 11.5. The molecule has 0 aromatic carbocycles. The van der Waals surface area contributed by atoms with Gasteiger partial charge in [-0.3, -0.25) is 4.79 Å². The average Bonchev–Trinajstić information content (AvgIpc) is 2.61. The topological polar surface area (TPSA) is 66.8 Å². The highest BCUT2D eigenvalue weighted by Crippen LogP contribution is 2.35. The fourth-order valence-corrected chi connectivity index (χ4v) is 2.81. The van der Waals surface area contributed by atoms with Gasteiger partial charge in [0.15, 0.2) is 0 Å². The van der Waals surface area contributed by atoms with Gasteiger partial charge in [-0.05, 0) is 37.0 Å². The molecule has 0 radical (unpaired) electrons. The van der Waals surface area contributed by atoms with Crippen molar-refractivity contribution in [2.45, 2.75) is 51.4 Å². The van der Waals surface area contributed by atoms with Gasteiger partial charge in [0.2, 0.25) is 0 Å². The van der Waals surface area contributed by atoms with E-state index in [0.29, 0.717) is 6.42 Å². The molecule has 0 saturated carbocycles. The fourth-order valence-electron chi connectivity index (χ4n) is 2.81. The van der Waals surface area contributed by atoms with Crippen LogP contribution in [0.1, 0.15) is 33.1 Å². The van der Waals surface area contributed by atoms with Crippen LogP contribution in [-0.4, -0.2) is 34.5 Å². The van der Waals surface area contributed by atoms with E-state index in [1.165, 1.54) is 0 Å². The van der Waals surface area contributed by atoms with E-state index in [1.807, 2.05) is 13.0 Å². The van der Waals surface area contributed by atoms with Crippen molar-refractivity contribution in [2.24, 2.45) is 11.8 Å². The Bertz CT molecular complexity index is 412. The van der Waals surface area contributed by atoms with Gasteiger partial charge in [0.05, 0.1) is 18.1 Å². The van der Waals surface area contributed by atoms with Crippen LogP contribution < -0.4 is 0 Å². The predicted octanol–water partition coefficient (Wildman–Crippen LogP) is 1.57. The highest BCUT2D eigenvalue weighted by molar-refractivity contribution is 5.75. The number of carbonyl (C=O) groups excluding carboxylic acids is 1. The van der Waals surface area contributed by atoms with Crippen molar-refractivity contribution in [3.05, 3.63) is 23.8 Å². The lowest BCUT2D eigenvalue weighted by molar-refractivity contribution is -0.142. The molecule has 1 aliphatic heterocycles. The van der Waals surface area contributed by atoms with Crippen LogP contribution in [0.4, 0.5) is 0 Å². The summed E-state index contributed by atoms with van der Waals surface area (Å²) in [5.74, 6) is -0.230. The van der Waals surface area contributed by atoms with Crippen molar-refractivity contribution < 1.29 is 19.7 Å². The lowest BCUT2D eigenvalue weighted by Gasteiger charge is -2.24. The lowest BCUT2D eigenvalue weighted by atomic mass is 9.83. The van der Waals surface area contributed by atoms with Crippen LogP contribution in [0.15, 0.2) is 23.8 Å². The molecular formula is C15H22O4. The van der Waals surface area contributed by atoms with E-state index in [4.69, 9.17) is 4.74 Å². The van der Waals surface area contributed by atoms with Gasteiger partial charge in [-0.2, -0.15) is 0 Å². The summed E-state index contributed by atoms with van der Waals surface area (Å²) in [6.07, 6.45) is 1.83. The van der Waals surface area contributed by atoms with Gasteiger partial charge in [-0.25, -0.2) is 0 Å². The van der Waals surface area contributed by atoms with E-state index in [2.05, 4.69) is 6.58 Å². The summed E-state index contributed by atoms with van der Waals surface area (Å²) in [6.45, 7) is 7.55. The van der Waals surface area contributed by atoms with Gasteiger partial charge in [0.1, 0.15) is 6.10 Å². The van der Waals surface area contributed by atoms with E-state index in [9.17, 15) is 15.0 Å². The monoisotopic (exact) mass is 266 g/mol. The summed E-state index contributed by atoms with van der Waals surface area (Å²) < 4.78 is 5.37. The Kier molecular flexibility index (Phi) is 4.11. The molecule has 1 aliphatic carbocycles. The van der Waals surface area contributed by atoms with Crippen molar-refractivity contribution in [3.8, 4) is 0 Å². The van der Waals surface area contributed by atoms with E-state index < -0.39 is 12.2 Å². The van der Waals surface area contributed by atoms with E-state index in [1.54, 1.807) is 6.92 Å². The fraction of sp³-hybridized carbons (Fsp3) is 0.667. The summed E-state index contributed by atoms with van der Waals surface area (Å²) in [4.78, 5) is 11.7. The Morgan fingerprint density at radius 1 is 1.37 bits per heavy atom. The predicted molar refractivity (Wildman–Crippen MR) is 71.3 cm³/mol. The number of carbonyl (C=O) groups is 1. The van der Waals surface area contributed by atoms with Crippen molar-refractivity contribution in [3.63, 3.8) is 0 Å². The molecule has 19 heavy (non-hydrogen) atoms. The molecule has 0 bridgehead atoms. The zero-order chi connectivity index (χ0) is 14.2. The Morgan fingerprint density at radius 2 is 2.05 bits per heavy atom. The van der Waals surface area contributed by atoms with Gasteiger partial charge in [0.25, 0.3) is 0 Å². The smallest absolute Gasteiger partial charge is 0.309 e. The minimum absolute atomic E-state index is 0.0942. The highest BCUT2D eigenvalue weighted by atomic mass is 16.6. The molecule has 2 rings (SSSR count). The third-order valence-electron chi connectivity index (χ3n) is 4.36. The standard InChI is InChI=1S/C15H22O4/c1-8-4-5-11-10(3)15(18)19-14(11)6-9(2)13(17)7-12(8)16/h6,10-14,16-17H,1,4-5,7H2,2-3H3/b9-6-/t10-,11+,12-,13+,14-/m1/s1. The summed E-state index contributed by atoms with van der Waals surface area (Å²) >= 11 is 0. The summed E-state index contributed by atoms with van der Waals surface area (Å²) in [5, 5.41) is 20.0. The van der Waals surface area contributed by atoms with Gasteiger partial charge < -0.3 is 14.9 Å². The maximum Gasteiger partial charge on any atom is 0.309 e. The summed E-state index contributed by atoms with van der Waals surface area (Å²) in [6, 6.07) is 0. The molecule has 1 saturated heterocycles. The first-order valence-corrected chi connectivity index (χ1v) is 6.82. The van der Waals surface area contributed by atoms with E-state index in [0.717, 1.165) is 17.6 Å². The third-order valence-corrected chi connectivity index (χ3v) is 4.36. The second kappa shape index (κ2) is 5.47. The quantitative estimate of drug-likeness (QED) is 0.516. The van der Waals surface area contributed by atoms with Crippen LogP contribution in [0.25, 0.3) is 0 Å². The number of aliphatic hydroxyl groups is 2. The van der Waals surface area contributed by atoms with Crippen molar-refractivity contribution in [1.29, 1.82) is 0 Å². The second-order valence-corrected chi connectivity index (χ2v) is 5.73. The van der Waals surface area contributed by atoms with E-state index in [-0.39, 0.29) is 30.3 Å². The molecule has 0 aromatic rings. The van der Waals surface area contributed by atoms with Crippen LogP contribution in [0.2, 0.25) is 0 Å². The molecule has 0 aromatic heterocycles. The molecule has 2 N–H and O–H groups in total. The first kappa shape index (κ1) is 14.3. The third kappa shape index (κ3) is 2.90. The number of fused-ring (bicyclic) bond motifs is 1. The SMILES string of the molecule is C=C1CC[C@@H]2[C@@H](/C=C(/C)[C@@H](O)C[C@H]1O)OC(=O)[C@@H]2C. The first-order valence-electron chi connectivity index (χ1n) is 6.82. The van der Waals surface area contributed by atoms with Crippen molar-refractivity contribution in [1.82, 2.24) is 0 Å². The first-order chi connectivity index (χ1) is 8.90. The lowest BCUT2D eigenvalue weighted by Crippen LogP contribution is -2.26. The molecule has 0 unspecified atom stereocenters. The molecule has 4 nitrogen and oxygen atoms in total. The van der Waals surface area contributed by atoms with Crippen LogP contribution >= 0.6 is 0 Å². The molecule has 0 spiro atoms. The molecule has 1 fully saturated rings. The van der Waals surface area contributed by atoms with Gasteiger partial charge in [-0.1, -0.05) is 13.5 Å². The molecule has 0 amide bonds. The minimum Gasteiger partial charge on any atom is -0.458 e. The number of hydrogen-bond donors (Lipinski definition) is 2. The number of aliphatic hydroxyl groups excluding tert-OH is 2. The Hall–Kier alpha value is -1.13. The Morgan fingerprint density at radius 3 is 2.74 bits per heavy atom. The van der Waals surface area contributed by atoms with Crippen LogP contribution in [-0.2, 0) is 9.53 Å². The highest BCUT2D eigenvalue weighted by Gasteiger charge is 2.41. The van der Waals surface area contributed by atoms with Crippen LogP contribution in [0.3, 0.4) is 0 Å². The number of hydrogen-bond acceptors (Lipinski definition) is 4. The van der Waals surface area contributed by atoms with Crippen LogP contribution in [0, 0.1) is 11.8 Å². The maximum absolute atomic E-state index is 11.7. The van der Waals surface area contributed by atoms with Crippen molar-refractivity contribution in [2.75, 3.05) is 0 Å². The second-order valence-electron chi connectivity index (χ2n) is 5.73. The molecule has 106 valence electrons. The molecule has 5 atom stereocenters. The van der Waals surface area contributed by atoms with Crippen molar-refractivity contribution >= 4 is 5.97 Å². The number of rotatable bonds is 0. The van der Waals surface area contributed by atoms with Gasteiger partial charge in [-0.15, -0.1) is 0 Å².